The Bertz CT molecular complexity index is 613. The largest absolute Gasteiger partial charge is 0.378 e. The predicted molar refractivity (Wildman–Crippen MR) is 127 cm³/mol. The quantitative estimate of drug-likeness (QED) is 0.381. The number of guanidine groups is 1. The SMILES string of the molecule is CN=C(NCc1cccnc1N1CCOCC1)N(C)CC1CCC(C)CC1.I. The Morgan fingerprint density at radius 3 is 2.68 bits per heavy atom. The summed E-state index contributed by atoms with van der Waals surface area (Å²) in [6, 6.07) is 4.16. The number of pyridine rings is 1. The Kier molecular flexibility index (Phi) is 9.77. The molecule has 0 spiro atoms. The van der Waals surface area contributed by atoms with Gasteiger partial charge in [0, 0.05) is 52.0 Å². The van der Waals surface area contributed by atoms with Gasteiger partial charge < -0.3 is 19.9 Å². The topological polar surface area (TPSA) is 53.0 Å². The van der Waals surface area contributed by atoms with Crippen LogP contribution in [0, 0.1) is 11.8 Å². The standard InChI is InChI=1S/C21H35N5O.HI/c1-17-6-8-18(9-7-17)16-25(3)21(22-2)24-15-19-5-4-10-23-20(19)26-11-13-27-14-12-26;/h4-5,10,17-18H,6-9,11-16H2,1-3H3,(H,22,24);1H. The number of hydrogen-bond acceptors (Lipinski definition) is 4. The molecule has 1 aliphatic heterocycles. The van der Waals surface area contributed by atoms with Gasteiger partial charge >= 0.3 is 0 Å². The summed E-state index contributed by atoms with van der Waals surface area (Å²) in [5, 5.41) is 3.54. The van der Waals surface area contributed by atoms with E-state index >= 15 is 0 Å². The van der Waals surface area contributed by atoms with E-state index in [1.54, 1.807) is 0 Å². The van der Waals surface area contributed by atoms with Crippen LogP contribution in [0.15, 0.2) is 23.3 Å². The fraction of sp³-hybridized carbons (Fsp3) is 0.714. The first-order chi connectivity index (χ1) is 13.2. The molecule has 6 nitrogen and oxygen atoms in total. The molecule has 7 heteroatoms. The average molecular weight is 501 g/mol. The number of nitrogens with one attached hydrogen (secondary N) is 1. The zero-order valence-corrected chi connectivity index (χ0v) is 19.9. The van der Waals surface area contributed by atoms with Gasteiger partial charge in [0.15, 0.2) is 5.96 Å². The van der Waals surface area contributed by atoms with Crippen molar-refractivity contribution in [1.29, 1.82) is 0 Å². The van der Waals surface area contributed by atoms with Gasteiger partial charge in [0.2, 0.25) is 0 Å². The third-order valence-electron chi connectivity index (χ3n) is 5.86. The number of aliphatic imine (C=N–C) groups is 1. The molecule has 0 unspecified atom stereocenters. The zero-order chi connectivity index (χ0) is 19.1. The summed E-state index contributed by atoms with van der Waals surface area (Å²) in [7, 11) is 4.02. The number of nitrogens with zero attached hydrogens (tertiary/aromatic N) is 4. The fourth-order valence-electron chi connectivity index (χ4n) is 4.17. The Balaban J connectivity index is 0.00000280. The van der Waals surface area contributed by atoms with E-state index < -0.39 is 0 Å². The molecule has 1 aliphatic carbocycles. The molecule has 158 valence electrons. The Labute approximate surface area is 187 Å². The smallest absolute Gasteiger partial charge is 0.193 e. The maximum absolute atomic E-state index is 5.48. The molecule has 1 saturated carbocycles. The van der Waals surface area contributed by atoms with Crippen LogP contribution < -0.4 is 10.2 Å². The van der Waals surface area contributed by atoms with Gasteiger partial charge in [0.1, 0.15) is 5.82 Å². The van der Waals surface area contributed by atoms with Gasteiger partial charge in [0.25, 0.3) is 0 Å². The molecular weight excluding hydrogens is 465 g/mol. The number of hydrogen-bond donors (Lipinski definition) is 1. The van der Waals surface area contributed by atoms with Gasteiger partial charge in [-0.2, -0.15) is 0 Å². The first-order valence-corrected chi connectivity index (χ1v) is 10.4. The normalized spacial score (nSPS) is 23.1. The van der Waals surface area contributed by atoms with Crippen molar-refractivity contribution in [2.75, 3.05) is 51.8 Å². The van der Waals surface area contributed by atoms with Crippen LogP contribution in [0.4, 0.5) is 5.82 Å². The number of aromatic nitrogens is 1. The van der Waals surface area contributed by atoms with E-state index in [-0.39, 0.29) is 24.0 Å². The second kappa shape index (κ2) is 11.8. The molecule has 2 fully saturated rings. The molecule has 28 heavy (non-hydrogen) atoms. The third-order valence-corrected chi connectivity index (χ3v) is 5.86. The van der Waals surface area contributed by atoms with Crippen LogP contribution in [0.1, 0.15) is 38.2 Å². The van der Waals surface area contributed by atoms with Crippen LogP contribution in [0.2, 0.25) is 0 Å². The monoisotopic (exact) mass is 501 g/mol. The van der Waals surface area contributed by atoms with Crippen molar-refractivity contribution < 1.29 is 4.74 Å². The highest BCUT2D eigenvalue weighted by molar-refractivity contribution is 14.0. The van der Waals surface area contributed by atoms with Crippen molar-refractivity contribution in [3.63, 3.8) is 0 Å². The van der Waals surface area contributed by atoms with E-state index in [0.717, 1.165) is 63.0 Å². The maximum Gasteiger partial charge on any atom is 0.193 e. The maximum atomic E-state index is 5.48. The van der Waals surface area contributed by atoms with Gasteiger partial charge in [0.05, 0.1) is 13.2 Å². The van der Waals surface area contributed by atoms with Crippen LogP contribution >= 0.6 is 24.0 Å². The summed E-state index contributed by atoms with van der Waals surface area (Å²) in [4.78, 5) is 13.7. The second-order valence-electron chi connectivity index (χ2n) is 7.99. The number of morpholine rings is 1. The summed E-state index contributed by atoms with van der Waals surface area (Å²) in [6.45, 7) is 7.54. The molecule has 0 atom stereocenters. The molecule has 1 aromatic heterocycles. The van der Waals surface area contributed by atoms with Crippen LogP contribution in [0.3, 0.4) is 0 Å². The second-order valence-corrected chi connectivity index (χ2v) is 7.99. The number of rotatable bonds is 5. The first-order valence-electron chi connectivity index (χ1n) is 10.4. The summed E-state index contributed by atoms with van der Waals surface area (Å²) in [5.74, 6) is 3.71. The van der Waals surface area contributed by atoms with E-state index in [2.05, 4.69) is 45.1 Å². The lowest BCUT2D eigenvalue weighted by molar-refractivity contribution is 0.122. The number of anilines is 1. The van der Waals surface area contributed by atoms with Crippen LogP contribution in [-0.2, 0) is 11.3 Å². The Morgan fingerprint density at radius 2 is 2.00 bits per heavy atom. The molecular formula is C21H36IN5O. The van der Waals surface area contributed by atoms with Crippen molar-refractivity contribution in [2.45, 2.75) is 39.2 Å². The van der Waals surface area contributed by atoms with Crippen molar-refractivity contribution in [3.05, 3.63) is 23.9 Å². The lowest BCUT2D eigenvalue weighted by Crippen LogP contribution is -2.42. The summed E-state index contributed by atoms with van der Waals surface area (Å²) in [6.07, 6.45) is 7.28. The average Bonchev–Trinajstić information content (AvgIpc) is 2.71. The van der Waals surface area contributed by atoms with Gasteiger partial charge in [-0.05, 0) is 30.7 Å². The van der Waals surface area contributed by atoms with Crippen molar-refractivity contribution in [2.24, 2.45) is 16.8 Å². The molecule has 1 aromatic rings. The molecule has 2 aliphatic rings. The molecule has 3 rings (SSSR count). The van der Waals surface area contributed by atoms with Crippen LogP contribution in [-0.4, -0.2) is 62.8 Å². The van der Waals surface area contributed by atoms with E-state index in [1.807, 2.05) is 19.3 Å². The molecule has 0 amide bonds. The summed E-state index contributed by atoms with van der Waals surface area (Å²) >= 11 is 0. The predicted octanol–water partition coefficient (Wildman–Crippen LogP) is 3.37. The third kappa shape index (κ3) is 6.47. The minimum atomic E-state index is 0. The van der Waals surface area contributed by atoms with Crippen LogP contribution in [0.25, 0.3) is 0 Å². The number of ether oxygens (including phenoxy) is 1. The molecule has 1 N–H and O–H groups in total. The Morgan fingerprint density at radius 1 is 1.29 bits per heavy atom. The van der Waals surface area contributed by atoms with Gasteiger partial charge in [-0.3, -0.25) is 4.99 Å². The zero-order valence-electron chi connectivity index (χ0n) is 17.6. The summed E-state index contributed by atoms with van der Waals surface area (Å²) < 4.78 is 5.48. The van der Waals surface area contributed by atoms with Crippen LogP contribution in [0.5, 0.6) is 0 Å². The lowest BCUT2D eigenvalue weighted by atomic mass is 9.83. The highest BCUT2D eigenvalue weighted by Gasteiger charge is 2.21. The van der Waals surface area contributed by atoms with Gasteiger partial charge in [-0.1, -0.05) is 25.8 Å². The Hall–Kier alpha value is -1.09. The lowest BCUT2D eigenvalue weighted by Gasteiger charge is -2.32. The summed E-state index contributed by atoms with van der Waals surface area (Å²) in [5.41, 5.74) is 1.21. The van der Waals surface area contributed by atoms with E-state index in [0.29, 0.717) is 0 Å². The minimum absolute atomic E-state index is 0. The van der Waals surface area contributed by atoms with Crippen molar-refractivity contribution >= 4 is 35.8 Å². The van der Waals surface area contributed by atoms with E-state index in [4.69, 9.17) is 4.74 Å². The van der Waals surface area contributed by atoms with Gasteiger partial charge in [-0.25, -0.2) is 4.98 Å². The van der Waals surface area contributed by atoms with E-state index in [9.17, 15) is 0 Å². The first kappa shape index (κ1) is 23.2. The van der Waals surface area contributed by atoms with Crippen molar-refractivity contribution in [3.8, 4) is 0 Å². The molecule has 0 aromatic carbocycles. The molecule has 1 saturated heterocycles. The minimum Gasteiger partial charge on any atom is -0.378 e. The molecule has 0 radical (unpaired) electrons. The highest BCUT2D eigenvalue weighted by atomic mass is 127. The van der Waals surface area contributed by atoms with Gasteiger partial charge in [-0.15, -0.1) is 24.0 Å². The van der Waals surface area contributed by atoms with Crippen molar-refractivity contribution in [1.82, 2.24) is 15.2 Å². The fourth-order valence-corrected chi connectivity index (χ4v) is 4.17. The molecule has 2 heterocycles. The van der Waals surface area contributed by atoms with E-state index in [1.165, 1.54) is 31.2 Å². The number of halogens is 1. The highest BCUT2D eigenvalue weighted by Crippen LogP contribution is 2.28. The molecule has 0 bridgehead atoms.